The SMILES string of the molecule is O=C(CS(=O)(=O)c1ccc(Cl)cc1)NC1CCCCC1C(F)(F)F. The lowest BCUT2D eigenvalue weighted by molar-refractivity contribution is -0.189. The minimum atomic E-state index is -4.41. The molecule has 0 saturated heterocycles. The van der Waals surface area contributed by atoms with Crippen LogP contribution in [0.25, 0.3) is 0 Å². The second-order valence-corrected chi connectivity index (χ2v) is 8.25. The highest BCUT2D eigenvalue weighted by molar-refractivity contribution is 7.92. The number of carbonyl (C=O) groups excluding carboxylic acids is 1. The average molecular weight is 384 g/mol. The van der Waals surface area contributed by atoms with Gasteiger partial charge in [-0.3, -0.25) is 4.79 Å². The van der Waals surface area contributed by atoms with Crippen LogP contribution in [-0.2, 0) is 14.6 Å². The number of halogens is 4. The van der Waals surface area contributed by atoms with Crippen LogP contribution in [0.3, 0.4) is 0 Å². The van der Waals surface area contributed by atoms with E-state index in [0.717, 1.165) is 0 Å². The molecule has 1 aliphatic rings. The van der Waals surface area contributed by atoms with E-state index in [2.05, 4.69) is 5.32 Å². The summed E-state index contributed by atoms with van der Waals surface area (Å²) >= 11 is 5.67. The van der Waals surface area contributed by atoms with E-state index >= 15 is 0 Å². The van der Waals surface area contributed by atoms with Gasteiger partial charge in [-0.2, -0.15) is 13.2 Å². The Labute approximate surface area is 143 Å². The van der Waals surface area contributed by atoms with Gasteiger partial charge in [0.2, 0.25) is 5.91 Å². The Kier molecular flexibility index (Phi) is 5.80. The van der Waals surface area contributed by atoms with E-state index in [0.29, 0.717) is 17.9 Å². The molecular weight excluding hydrogens is 367 g/mol. The number of alkyl halides is 3. The molecule has 1 fully saturated rings. The van der Waals surface area contributed by atoms with E-state index in [1.807, 2.05) is 0 Å². The molecule has 24 heavy (non-hydrogen) atoms. The Hall–Kier alpha value is -1.28. The van der Waals surface area contributed by atoms with Crippen LogP contribution in [0.2, 0.25) is 5.02 Å². The number of carbonyl (C=O) groups is 1. The molecule has 1 aromatic carbocycles. The Morgan fingerprint density at radius 2 is 1.75 bits per heavy atom. The molecule has 0 spiro atoms. The number of rotatable bonds is 4. The second-order valence-electron chi connectivity index (χ2n) is 5.82. The summed E-state index contributed by atoms with van der Waals surface area (Å²) in [5, 5.41) is 2.59. The van der Waals surface area contributed by atoms with Crippen molar-refractivity contribution < 1.29 is 26.4 Å². The van der Waals surface area contributed by atoms with E-state index in [9.17, 15) is 26.4 Å². The van der Waals surface area contributed by atoms with Crippen LogP contribution in [0.15, 0.2) is 29.2 Å². The Bertz CT molecular complexity index is 689. The molecule has 4 nitrogen and oxygen atoms in total. The first kappa shape index (κ1) is 19.1. The second kappa shape index (κ2) is 7.31. The van der Waals surface area contributed by atoms with Crippen molar-refractivity contribution in [3.8, 4) is 0 Å². The van der Waals surface area contributed by atoms with Gasteiger partial charge < -0.3 is 5.32 Å². The van der Waals surface area contributed by atoms with E-state index in [1.165, 1.54) is 24.3 Å². The van der Waals surface area contributed by atoms with Crippen molar-refractivity contribution in [3.05, 3.63) is 29.3 Å². The van der Waals surface area contributed by atoms with Gasteiger partial charge in [-0.15, -0.1) is 0 Å². The third-order valence-corrected chi connectivity index (χ3v) is 5.91. The predicted octanol–water partition coefficient (Wildman–Crippen LogP) is 3.35. The lowest BCUT2D eigenvalue weighted by Gasteiger charge is -2.33. The topological polar surface area (TPSA) is 63.2 Å². The van der Waals surface area contributed by atoms with Gasteiger partial charge in [-0.25, -0.2) is 8.42 Å². The van der Waals surface area contributed by atoms with Crippen LogP contribution in [0, 0.1) is 5.92 Å². The number of hydrogen-bond donors (Lipinski definition) is 1. The number of sulfone groups is 1. The molecule has 0 heterocycles. The quantitative estimate of drug-likeness (QED) is 0.867. The van der Waals surface area contributed by atoms with Gasteiger partial charge in [0.05, 0.1) is 10.8 Å². The zero-order chi connectivity index (χ0) is 18.0. The Morgan fingerprint density at radius 3 is 2.33 bits per heavy atom. The zero-order valence-electron chi connectivity index (χ0n) is 12.6. The maximum atomic E-state index is 13.0. The normalized spacial score (nSPS) is 22.2. The fourth-order valence-electron chi connectivity index (χ4n) is 2.84. The highest BCUT2D eigenvalue weighted by atomic mass is 35.5. The standard InChI is InChI=1S/C15H17ClF3NO3S/c16-10-5-7-11(8-6-10)24(22,23)9-14(21)20-13-4-2-1-3-12(13)15(17,18)19/h5-8,12-13H,1-4,9H2,(H,20,21). The van der Waals surface area contributed by atoms with Crippen molar-refractivity contribution in [2.45, 2.75) is 42.8 Å². The molecule has 1 saturated carbocycles. The van der Waals surface area contributed by atoms with Crippen LogP contribution < -0.4 is 5.32 Å². The minimum Gasteiger partial charge on any atom is -0.352 e. The van der Waals surface area contributed by atoms with Crippen molar-refractivity contribution >= 4 is 27.3 Å². The minimum absolute atomic E-state index is 0.0572. The molecule has 0 radical (unpaired) electrons. The molecule has 2 rings (SSSR count). The lowest BCUT2D eigenvalue weighted by Crippen LogP contribution is -2.49. The maximum absolute atomic E-state index is 13.0. The summed E-state index contributed by atoms with van der Waals surface area (Å²) in [6.45, 7) is 0. The summed E-state index contributed by atoms with van der Waals surface area (Å²) in [5.41, 5.74) is 0. The third kappa shape index (κ3) is 4.86. The Balaban J connectivity index is 2.05. The molecule has 2 unspecified atom stereocenters. The highest BCUT2D eigenvalue weighted by Gasteiger charge is 2.46. The third-order valence-electron chi connectivity index (χ3n) is 4.03. The van der Waals surface area contributed by atoms with Crippen LogP contribution in [0.5, 0.6) is 0 Å². The molecular formula is C15H17ClF3NO3S. The van der Waals surface area contributed by atoms with Crippen LogP contribution >= 0.6 is 11.6 Å². The molecule has 1 aromatic rings. The Morgan fingerprint density at radius 1 is 1.17 bits per heavy atom. The fourth-order valence-corrected chi connectivity index (χ4v) is 4.11. The summed E-state index contributed by atoms with van der Waals surface area (Å²) in [4.78, 5) is 11.9. The van der Waals surface area contributed by atoms with Gasteiger partial charge >= 0.3 is 6.18 Å². The largest absolute Gasteiger partial charge is 0.393 e. The molecule has 9 heteroatoms. The zero-order valence-corrected chi connectivity index (χ0v) is 14.2. The fraction of sp³-hybridized carbons (Fsp3) is 0.533. The van der Waals surface area contributed by atoms with E-state index in [4.69, 9.17) is 11.6 Å². The number of hydrogen-bond acceptors (Lipinski definition) is 3. The lowest BCUT2D eigenvalue weighted by atomic mass is 9.84. The van der Waals surface area contributed by atoms with Gasteiger partial charge in [0.1, 0.15) is 5.75 Å². The van der Waals surface area contributed by atoms with Crippen LogP contribution in [-0.4, -0.2) is 32.3 Å². The van der Waals surface area contributed by atoms with E-state index in [1.54, 1.807) is 0 Å². The predicted molar refractivity (Wildman–Crippen MR) is 83.4 cm³/mol. The van der Waals surface area contributed by atoms with Gasteiger partial charge in [-0.1, -0.05) is 24.4 Å². The number of benzene rings is 1. The summed E-state index contributed by atoms with van der Waals surface area (Å²) in [7, 11) is -3.93. The van der Waals surface area contributed by atoms with Crippen molar-refractivity contribution in [1.29, 1.82) is 0 Å². The number of amides is 1. The van der Waals surface area contributed by atoms with Crippen molar-refractivity contribution in [2.24, 2.45) is 5.92 Å². The van der Waals surface area contributed by atoms with Crippen molar-refractivity contribution in [2.75, 3.05) is 5.75 Å². The van der Waals surface area contributed by atoms with E-state index < -0.39 is 39.6 Å². The molecule has 0 bridgehead atoms. The first-order valence-corrected chi connectivity index (χ1v) is 9.47. The average Bonchev–Trinajstić information content (AvgIpc) is 2.46. The smallest absolute Gasteiger partial charge is 0.352 e. The van der Waals surface area contributed by atoms with Crippen LogP contribution in [0.4, 0.5) is 13.2 Å². The first-order valence-electron chi connectivity index (χ1n) is 7.44. The van der Waals surface area contributed by atoms with Crippen LogP contribution in [0.1, 0.15) is 25.7 Å². The molecule has 2 atom stereocenters. The monoisotopic (exact) mass is 383 g/mol. The molecule has 1 amide bonds. The summed E-state index contributed by atoms with van der Waals surface area (Å²) in [6.07, 6.45) is -3.26. The van der Waals surface area contributed by atoms with Crippen molar-refractivity contribution in [3.63, 3.8) is 0 Å². The molecule has 134 valence electrons. The summed E-state index contributed by atoms with van der Waals surface area (Å²) in [6, 6.07) is 4.17. The van der Waals surface area contributed by atoms with Gasteiger partial charge in [0.15, 0.2) is 9.84 Å². The van der Waals surface area contributed by atoms with Gasteiger partial charge in [-0.05, 0) is 37.1 Å². The molecule has 0 aliphatic heterocycles. The molecule has 1 aliphatic carbocycles. The summed E-state index contributed by atoms with van der Waals surface area (Å²) in [5.74, 6) is -3.45. The van der Waals surface area contributed by atoms with Gasteiger partial charge in [0.25, 0.3) is 0 Å². The van der Waals surface area contributed by atoms with Gasteiger partial charge in [0, 0.05) is 11.1 Å². The van der Waals surface area contributed by atoms with Crippen molar-refractivity contribution in [1.82, 2.24) is 5.32 Å². The first-order chi connectivity index (χ1) is 11.1. The highest BCUT2D eigenvalue weighted by Crippen LogP contribution is 2.37. The molecule has 0 aromatic heterocycles. The maximum Gasteiger partial charge on any atom is 0.393 e. The molecule has 1 N–H and O–H groups in total. The van der Waals surface area contributed by atoms with E-state index in [-0.39, 0.29) is 17.7 Å². The summed E-state index contributed by atoms with van der Waals surface area (Å²) < 4.78 is 63.3. The number of nitrogens with one attached hydrogen (secondary N) is 1.